The van der Waals surface area contributed by atoms with E-state index in [0.29, 0.717) is 5.13 Å². The zero-order valence-corrected chi connectivity index (χ0v) is 9.98. The predicted octanol–water partition coefficient (Wildman–Crippen LogP) is 0.839. The number of hydrogen-bond acceptors (Lipinski definition) is 5. The van der Waals surface area contributed by atoms with Crippen molar-refractivity contribution in [2.24, 2.45) is 0 Å². The predicted molar refractivity (Wildman–Crippen MR) is 60.9 cm³/mol. The van der Waals surface area contributed by atoms with E-state index in [9.17, 15) is 9.59 Å². The zero-order valence-electron chi connectivity index (χ0n) is 9.17. The molecule has 0 spiro atoms. The molecule has 0 aliphatic rings. The van der Waals surface area contributed by atoms with Gasteiger partial charge < -0.3 is 5.11 Å². The number of nitrogens with zero attached hydrogens (tertiary/aromatic N) is 3. The van der Waals surface area contributed by atoms with Gasteiger partial charge in [0.05, 0.1) is 5.69 Å². The second-order valence-electron chi connectivity index (χ2n) is 3.71. The third-order valence-electron chi connectivity index (χ3n) is 2.10. The van der Waals surface area contributed by atoms with Gasteiger partial charge in [0.25, 0.3) is 0 Å². The van der Waals surface area contributed by atoms with Gasteiger partial charge in [-0.15, -0.1) is 16.4 Å². The molecule has 2 N–H and O–H groups in total. The van der Waals surface area contributed by atoms with E-state index in [1.165, 1.54) is 11.3 Å². The fourth-order valence-corrected chi connectivity index (χ4v) is 2.12. The molecule has 0 amide bonds. The lowest BCUT2D eigenvalue weighted by Gasteiger charge is -1.96. The van der Waals surface area contributed by atoms with Crippen LogP contribution in [-0.4, -0.2) is 30.8 Å². The Hall–Kier alpha value is -1.96. The molecule has 2 heterocycles. The van der Waals surface area contributed by atoms with Gasteiger partial charge in [-0.05, 0) is 5.92 Å². The third kappa shape index (κ3) is 2.11. The fourth-order valence-electron chi connectivity index (χ4n) is 1.19. The van der Waals surface area contributed by atoms with Gasteiger partial charge in [0.2, 0.25) is 11.0 Å². The Bertz CT molecular complexity index is 610. The third-order valence-corrected chi connectivity index (χ3v) is 2.94. The summed E-state index contributed by atoms with van der Waals surface area (Å²) in [6.45, 7) is 3.96. The molecule has 0 saturated heterocycles. The van der Waals surface area contributed by atoms with Gasteiger partial charge in [0.15, 0.2) is 0 Å². The minimum Gasteiger partial charge on any atom is -0.475 e. The highest BCUT2D eigenvalue weighted by Crippen LogP contribution is 2.19. The van der Waals surface area contributed by atoms with Crippen molar-refractivity contribution >= 4 is 17.3 Å². The Labute approximate surface area is 99.8 Å². The maximum absolute atomic E-state index is 11.5. The molecule has 2 aromatic rings. The van der Waals surface area contributed by atoms with Crippen LogP contribution in [0.15, 0.2) is 10.2 Å². The van der Waals surface area contributed by atoms with Gasteiger partial charge >= 0.3 is 11.7 Å². The summed E-state index contributed by atoms with van der Waals surface area (Å²) in [6.07, 6.45) is 0. The van der Waals surface area contributed by atoms with Crippen molar-refractivity contribution in [3.05, 3.63) is 27.4 Å². The van der Waals surface area contributed by atoms with Crippen LogP contribution in [0.1, 0.15) is 36.1 Å². The van der Waals surface area contributed by atoms with Gasteiger partial charge in [-0.2, -0.15) is 4.68 Å². The van der Waals surface area contributed by atoms with E-state index in [2.05, 4.69) is 15.1 Å². The first-order chi connectivity index (χ1) is 7.99. The molecule has 2 aromatic heterocycles. The van der Waals surface area contributed by atoms with Crippen molar-refractivity contribution in [1.29, 1.82) is 0 Å². The van der Waals surface area contributed by atoms with Crippen molar-refractivity contribution in [2.45, 2.75) is 19.8 Å². The minimum absolute atomic E-state index is 0.244. The van der Waals surface area contributed by atoms with Crippen molar-refractivity contribution in [3.63, 3.8) is 0 Å². The molecule has 90 valence electrons. The van der Waals surface area contributed by atoms with Crippen molar-refractivity contribution in [3.8, 4) is 5.13 Å². The molecule has 0 fully saturated rings. The number of aromatic nitrogens is 4. The van der Waals surface area contributed by atoms with Gasteiger partial charge in [0.1, 0.15) is 0 Å². The molecule has 17 heavy (non-hydrogen) atoms. The number of carboxylic acids is 1. The smallest absolute Gasteiger partial charge is 0.373 e. The Balaban J connectivity index is 2.45. The molecule has 8 heteroatoms. The number of aromatic carboxylic acids is 1. The summed E-state index contributed by atoms with van der Waals surface area (Å²) in [5.41, 5.74) is 0.240. The summed E-state index contributed by atoms with van der Waals surface area (Å²) in [4.78, 5) is 28.5. The monoisotopic (exact) mass is 254 g/mol. The summed E-state index contributed by atoms with van der Waals surface area (Å²) < 4.78 is 0.958. The van der Waals surface area contributed by atoms with Crippen LogP contribution in [-0.2, 0) is 0 Å². The molecule has 0 atom stereocenters. The second kappa shape index (κ2) is 4.13. The lowest BCUT2D eigenvalue weighted by Crippen LogP contribution is -2.15. The highest BCUT2D eigenvalue weighted by atomic mass is 32.1. The van der Waals surface area contributed by atoms with Crippen LogP contribution in [0.5, 0.6) is 0 Å². The summed E-state index contributed by atoms with van der Waals surface area (Å²) >= 11 is 1.25. The number of carboxylic acid groups (broad SMARTS) is 1. The van der Waals surface area contributed by atoms with Gasteiger partial charge in [-0.1, -0.05) is 13.8 Å². The highest BCUT2D eigenvalue weighted by Gasteiger charge is 2.15. The molecule has 0 aliphatic heterocycles. The number of aromatic amines is 1. The number of hydrogen-bond donors (Lipinski definition) is 2. The quantitative estimate of drug-likeness (QED) is 0.845. The molecule has 0 aliphatic carbocycles. The highest BCUT2D eigenvalue weighted by molar-refractivity contribution is 7.12. The number of carbonyl (C=O) groups is 1. The summed E-state index contributed by atoms with van der Waals surface area (Å²) in [6, 6.07) is 0. The number of H-pyrrole nitrogens is 1. The molecular formula is C9H10N4O3S. The van der Waals surface area contributed by atoms with Gasteiger partial charge in [-0.25, -0.2) is 14.6 Å². The van der Waals surface area contributed by atoms with E-state index in [-0.39, 0.29) is 5.92 Å². The molecule has 0 saturated carbocycles. The normalized spacial score (nSPS) is 11.0. The first kappa shape index (κ1) is 11.5. The standard InChI is InChI=1S/C9H10N4O3S/c1-4(2)5-3-17-9(10-5)13-8(16)11-6(12-13)7(14)15/h3-4H,1-2H3,(H,14,15)(H,11,12,16). The Morgan fingerprint density at radius 3 is 2.76 bits per heavy atom. The summed E-state index contributed by atoms with van der Waals surface area (Å²) in [7, 11) is 0. The average Bonchev–Trinajstić information content (AvgIpc) is 2.83. The molecular weight excluding hydrogens is 244 g/mol. The van der Waals surface area contributed by atoms with E-state index in [1.54, 1.807) is 0 Å². The maximum Gasteiger partial charge on any atom is 0.373 e. The van der Waals surface area contributed by atoms with Crippen LogP contribution in [0.2, 0.25) is 0 Å². The van der Waals surface area contributed by atoms with Crippen LogP contribution in [0.25, 0.3) is 5.13 Å². The molecule has 0 aromatic carbocycles. The molecule has 0 radical (unpaired) electrons. The molecule has 7 nitrogen and oxygen atoms in total. The van der Waals surface area contributed by atoms with Crippen molar-refractivity contribution in [2.75, 3.05) is 0 Å². The first-order valence-electron chi connectivity index (χ1n) is 4.87. The summed E-state index contributed by atoms with van der Waals surface area (Å²) in [5.74, 6) is -1.42. The van der Waals surface area contributed by atoms with E-state index in [4.69, 9.17) is 5.11 Å². The lowest BCUT2D eigenvalue weighted by atomic mass is 10.2. The molecule has 0 unspecified atom stereocenters. The van der Waals surface area contributed by atoms with E-state index < -0.39 is 17.5 Å². The van der Waals surface area contributed by atoms with E-state index in [1.807, 2.05) is 19.2 Å². The topological polar surface area (TPSA) is 101 Å². The Kier molecular flexibility index (Phi) is 2.80. The Morgan fingerprint density at radius 1 is 1.59 bits per heavy atom. The SMILES string of the molecule is CC(C)c1csc(-n2nc(C(=O)O)[nH]c2=O)n1. The Morgan fingerprint density at radius 2 is 2.29 bits per heavy atom. The summed E-state index contributed by atoms with van der Waals surface area (Å²) in [5, 5.41) is 14.5. The first-order valence-corrected chi connectivity index (χ1v) is 5.75. The molecule has 2 rings (SSSR count). The second-order valence-corrected chi connectivity index (χ2v) is 4.54. The van der Waals surface area contributed by atoms with Crippen molar-refractivity contribution in [1.82, 2.24) is 19.7 Å². The van der Waals surface area contributed by atoms with Gasteiger partial charge in [-0.3, -0.25) is 4.98 Å². The number of thiazole rings is 1. The van der Waals surface area contributed by atoms with Crippen LogP contribution in [0.3, 0.4) is 0 Å². The largest absolute Gasteiger partial charge is 0.475 e. The number of nitrogens with one attached hydrogen (secondary N) is 1. The van der Waals surface area contributed by atoms with Crippen LogP contribution < -0.4 is 5.69 Å². The lowest BCUT2D eigenvalue weighted by molar-refractivity contribution is 0.0683. The maximum atomic E-state index is 11.5. The minimum atomic E-state index is -1.28. The van der Waals surface area contributed by atoms with E-state index in [0.717, 1.165) is 10.4 Å². The fraction of sp³-hybridized carbons (Fsp3) is 0.333. The molecule has 0 bridgehead atoms. The number of rotatable bonds is 3. The van der Waals surface area contributed by atoms with Crippen molar-refractivity contribution < 1.29 is 9.90 Å². The van der Waals surface area contributed by atoms with Gasteiger partial charge in [0, 0.05) is 5.38 Å². The average molecular weight is 254 g/mol. The zero-order chi connectivity index (χ0) is 12.6. The van der Waals surface area contributed by atoms with E-state index >= 15 is 0 Å². The van der Waals surface area contributed by atoms with Crippen LogP contribution >= 0.6 is 11.3 Å². The van der Waals surface area contributed by atoms with Crippen LogP contribution in [0.4, 0.5) is 0 Å². The van der Waals surface area contributed by atoms with Crippen LogP contribution in [0, 0.1) is 0 Å².